The highest BCUT2D eigenvalue weighted by molar-refractivity contribution is 6.06. The number of nitrogens with one attached hydrogen (secondary N) is 1. The lowest BCUT2D eigenvalue weighted by Crippen LogP contribution is -2.37. The van der Waals surface area contributed by atoms with Crippen LogP contribution in [0.25, 0.3) is 11.0 Å². The van der Waals surface area contributed by atoms with Gasteiger partial charge in [0.1, 0.15) is 5.65 Å². The summed E-state index contributed by atoms with van der Waals surface area (Å²) in [5.74, 6) is -0.806. The number of pyridine rings is 1. The zero-order valence-electron chi connectivity index (χ0n) is 12.4. The van der Waals surface area contributed by atoms with Crippen LogP contribution in [0.3, 0.4) is 0 Å². The van der Waals surface area contributed by atoms with E-state index in [1.165, 1.54) is 4.90 Å². The summed E-state index contributed by atoms with van der Waals surface area (Å²) in [7, 11) is 0. The van der Waals surface area contributed by atoms with Gasteiger partial charge in [-0.3, -0.25) is 9.59 Å². The third-order valence-corrected chi connectivity index (χ3v) is 3.53. The van der Waals surface area contributed by atoms with Crippen LogP contribution in [0.5, 0.6) is 0 Å². The molecule has 116 valence electrons. The van der Waals surface area contributed by atoms with Crippen LogP contribution in [0.2, 0.25) is 0 Å². The van der Waals surface area contributed by atoms with Crippen LogP contribution in [0.4, 0.5) is 0 Å². The summed E-state index contributed by atoms with van der Waals surface area (Å²) < 4.78 is 0. The van der Waals surface area contributed by atoms with Crippen LogP contribution < -0.4 is 5.73 Å². The van der Waals surface area contributed by atoms with Gasteiger partial charge in [-0.2, -0.15) is 0 Å². The molecule has 0 aliphatic heterocycles. The van der Waals surface area contributed by atoms with E-state index in [1.54, 1.807) is 18.5 Å². The van der Waals surface area contributed by atoms with E-state index in [0.717, 1.165) is 10.9 Å². The first kappa shape index (κ1) is 14.8. The maximum absolute atomic E-state index is 12.8. The largest absolute Gasteiger partial charge is 0.368 e. The lowest BCUT2D eigenvalue weighted by molar-refractivity contribution is -0.118. The van der Waals surface area contributed by atoms with Gasteiger partial charge in [0, 0.05) is 24.3 Å². The molecule has 2 amide bonds. The summed E-state index contributed by atoms with van der Waals surface area (Å²) in [6.07, 6.45) is 3.26. The normalized spacial score (nSPS) is 10.6. The SMILES string of the molecule is NC(=O)CN(Cc1ccccc1)C(=O)c1c[nH]c2ncccc12. The molecule has 0 aliphatic carbocycles. The molecule has 0 radical (unpaired) electrons. The Kier molecular flexibility index (Phi) is 4.05. The van der Waals surface area contributed by atoms with Crippen molar-refractivity contribution < 1.29 is 9.59 Å². The van der Waals surface area contributed by atoms with Crippen molar-refractivity contribution >= 4 is 22.8 Å². The van der Waals surface area contributed by atoms with Crippen molar-refractivity contribution in [2.75, 3.05) is 6.54 Å². The first-order valence-corrected chi connectivity index (χ1v) is 7.19. The number of hydrogen-bond donors (Lipinski definition) is 2. The second-order valence-corrected chi connectivity index (χ2v) is 5.22. The molecule has 6 nitrogen and oxygen atoms in total. The van der Waals surface area contributed by atoms with Gasteiger partial charge < -0.3 is 15.6 Å². The Morgan fingerprint density at radius 2 is 1.91 bits per heavy atom. The number of nitrogens with zero attached hydrogens (tertiary/aromatic N) is 2. The standard InChI is InChI=1S/C17H16N4O2/c18-15(22)11-21(10-12-5-2-1-3-6-12)17(23)14-9-20-16-13(14)7-4-8-19-16/h1-9H,10-11H2,(H2,18,22)(H,19,20). The molecule has 3 rings (SSSR count). The number of primary amides is 1. The summed E-state index contributed by atoms with van der Waals surface area (Å²) in [6.45, 7) is 0.177. The molecule has 0 saturated carbocycles. The topological polar surface area (TPSA) is 92.1 Å². The summed E-state index contributed by atoms with van der Waals surface area (Å²) in [5.41, 5.74) is 7.34. The van der Waals surface area contributed by atoms with Crippen molar-refractivity contribution in [3.05, 3.63) is 66.0 Å². The first-order valence-electron chi connectivity index (χ1n) is 7.19. The van der Waals surface area contributed by atoms with E-state index >= 15 is 0 Å². The van der Waals surface area contributed by atoms with E-state index in [-0.39, 0.29) is 12.5 Å². The second kappa shape index (κ2) is 6.31. The predicted octanol–water partition coefficient (Wildman–Crippen LogP) is 1.69. The fourth-order valence-electron chi connectivity index (χ4n) is 2.49. The molecule has 3 N–H and O–H groups in total. The molecule has 0 spiro atoms. The number of rotatable bonds is 5. The predicted molar refractivity (Wildman–Crippen MR) is 86.5 cm³/mol. The van der Waals surface area contributed by atoms with E-state index < -0.39 is 5.91 Å². The summed E-state index contributed by atoms with van der Waals surface area (Å²) in [6, 6.07) is 13.1. The van der Waals surface area contributed by atoms with Crippen LogP contribution in [-0.4, -0.2) is 33.2 Å². The number of H-pyrrole nitrogens is 1. The van der Waals surface area contributed by atoms with Crippen molar-refractivity contribution in [1.29, 1.82) is 0 Å². The number of hydrogen-bond acceptors (Lipinski definition) is 3. The van der Waals surface area contributed by atoms with E-state index in [4.69, 9.17) is 5.73 Å². The highest BCUT2D eigenvalue weighted by Gasteiger charge is 2.21. The molecule has 0 fully saturated rings. The summed E-state index contributed by atoms with van der Waals surface area (Å²) >= 11 is 0. The molecule has 23 heavy (non-hydrogen) atoms. The quantitative estimate of drug-likeness (QED) is 0.751. The number of benzene rings is 1. The first-order chi connectivity index (χ1) is 11.1. The van der Waals surface area contributed by atoms with Crippen LogP contribution >= 0.6 is 0 Å². The average Bonchev–Trinajstić information content (AvgIpc) is 2.98. The Labute approximate surface area is 132 Å². The molecule has 0 unspecified atom stereocenters. The molecule has 0 aliphatic rings. The van der Waals surface area contributed by atoms with Crippen molar-refractivity contribution in [3.63, 3.8) is 0 Å². The minimum absolute atomic E-state index is 0.138. The Bertz CT molecular complexity index is 842. The van der Waals surface area contributed by atoms with Crippen LogP contribution in [0, 0.1) is 0 Å². The molecular formula is C17H16N4O2. The summed E-state index contributed by atoms with van der Waals surface area (Å²) in [4.78, 5) is 32.8. The highest BCUT2D eigenvalue weighted by Crippen LogP contribution is 2.18. The molecular weight excluding hydrogens is 292 g/mol. The number of carbonyl (C=O) groups excluding carboxylic acids is 2. The van der Waals surface area contributed by atoms with Crippen molar-refractivity contribution in [1.82, 2.24) is 14.9 Å². The van der Waals surface area contributed by atoms with Gasteiger partial charge in [0.05, 0.1) is 12.1 Å². The van der Waals surface area contributed by atoms with Gasteiger partial charge in [-0.05, 0) is 17.7 Å². The number of fused-ring (bicyclic) bond motifs is 1. The zero-order chi connectivity index (χ0) is 16.2. The van der Waals surface area contributed by atoms with Crippen molar-refractivity contribution in [2.24, 2.45) is 5.73 Å². The fraction of sp³-hybridized carbons (Fsp3) is 0.118. The number of carbonyl (C=O) groups is 2. The molecule has 3 aromatic rings. The van der Waals surface area contributed by atoms with Crippen LogP contribution in [0.15, 0.2) is 54.9 Å². The molecule has 2 heterocycles. The monoisotopic (exact) mass is 308 g/mol. The Morgan fingerprint density at radius 3 is 2.65 bits per heavy atom. The van der Waals surface area contributed by atoms with E-state index in [9.17, 15) is 9.59 Å². The molecule has 6 heteroatoms. The smallest absolute Gasteiger partial charge is 0.256 e. The maximum Gasteiger partial charge on any atom is 0.256 e. The molecule has 0 bridgehead atoms. The Balaban J connectivity index is 1.92. The van der Waals surface area contributed by atoms with Gasteiger partial charge in [-0.15, -0.1) is 0 Å². The van der Waals surface area contributed by atoms with Gasteiger partial charge >= 0.3 is 0 Å². The van der Waals surface area contributed by atoms with Crippen LogP contribution in [0.1, 0.15) is 15.9 Å². The van der Waals surface area contributed by atoms with E-state index in [2.05, 4.69) is 9.97 Å². The molecule has 0 atom stereocenters. The van der Waals surface area contributed by atoms with Gasteiger partial charge in [0.25, 0.3) is 5.91 Å². The zero-order valence-corrected chi connectivity index (χ0v) is 12.4. The van der Waals surface area contributed by atoms with Gasteiger partial charge in [0.2, 0.25) is 5.91 Å². The Hall–Kier alpha value is -3.15. The van der Waals surface area contributed by atoms with Gasteiger partial charge in [-0.1, -0.05) is 30.3 Å². The summed E-state index contributed by atoms with van der Waals surface area (Å²) in [5, 5.41) is 0.722. The van der Waals surface area contributed by atoms with E-state index in [0.29, 0.717) is 17.8 Å². The second-order valence-electron chi connectivity index (χ2n) is 5.22. The lowest BCUT2D eigenvalue weighted by atomic mass is 10.1. The molecule has 2 aromatic heterocycles. The number of aromatic nitrogens is 2. The average molecular weight is 308 g/mol. The number of aromatic amines is 1. The highest BCUT2D eigenvalue weighted by atomic mass is 16.2. The Morgan fingerprint density at radius 1 is 1.13 bits per heavy atom. The van der Waals surface area contributed by atoms with Crippen LogP contribution in [-0.2, 0) is 11.3 Å². The van der Waals surface area contributed by atoms with Gasteiger partial charge in [-0.25, -0.2) is 4.98 Å². The fourth-order valence-corrected chi connectivity index (χ4v) is 2.49. The van der Waals surface area contributed by atoms with Crippen molar-refractivity contribution in [2.45, 2.75) is 6.54 Å². The maximum atomic E-state index is 12.8. The number of nitrogens with two attached hydrogens (primary N) is 1. The minimum Gasteiger partial charge on any atom is -0.368 e. The molecule has 1 aromatic carbocycles. The molecule has 0 saturated heterocycles. The number of amides is 2. The van der Waals surface area contributed by atoms with Gasteiger partial charge in [0.15, 0.2) is 0 Å². The third kappa shape index (κ3) is 3.21. The van der Waals surface area contributed by atoms with Crippen molar-refractivity contribution in [3.8, 4) is 0 Å². The lowest BCUT2D eigenvalue weighted by Gasteiger charge is -2.21. The third-order valence-electron chi connectivity index (χ3n) is 3.53. The minimum atomic E-state index is -0.549. The van der Waals surface area contributed by atoms with E-state index in [1.807, 2.05) is 36.4 Å².